The molecule has 72 valence electrons. The predicted molar refractivity (Wildman–Crippen MR) is 55.3 cm³/mol. The van der Waals surface area contributed by atoms with E-state index in [0.717, 1.165) is 0 Å². The van der Waals surface area contributed by atoms with Crippen LogP contribution in [0.1, 0.15) is 17.4 Å². The second-order valence-electron chi connectivity index (χ2n) is 2.76. The Morgan fingerprint density at radius 1 is 1.85 bits per heavy atom. The summed E-state index contributed by atoms with van der Waals surface area (Å²) >= 11 is 4.56. The largest absolute Gasteiger partial charge is 0.339 e. The van der Waals surface area contributed by atoms with E-state index in [4.69, 9.17) is 0 Å². The number of halogens is 1. The van der Waals surface area contributed by atoms with Gasteiger partial charge in [-0.25, -0.2) is 0 Å². The SMILES string of the molecule is CC(Br)CN(C)C(=O)c1csnn1. The molecule has 1 unspecified atom stereocenters. The number of rotatable bonds is 3. The second-order valence-corrected chi connectivity index (χ2v) is 4.93. The van der Waals surface area contributed by atoms with Crippen LogP contribution in [-0.2, 0) is 0 Å². The normalized spacial score (nSPS) is 12.5. The first-order valence-corrected chi connectivity index (χ1v) is 5.53. The predicted octanol–water partition coefficient (Wildman–Crippen LogP) is 1.39. The lowest BCUT2D eigenvalue weighted by molar-refractivity contribution is 0.0791. The molecule has 1 rings (SSSR count). The van der Waals surface area contributed by atoms with Gasteiger partial charge in [0.05, 0.1) is 0 Å². The van der Waals surface area contributed by atoms with E-state index in [0.29, 0.717) is 12.2 Å². The molecule has 0 N–H and O–H groups in total. The average molecular weight is 264 g/mol. The molecular formula is C7H10BrN3OS. The zero-order valence-electron chi connectivity index (χ0n) is 7.40. The highest BCUT2D eigenvalue weighted by molar-refractivity contribution is 9.09. The van der Waals surface area contributed by atoms with Crippen molar-refractivity contribution in [2.45, 2.75) is 11.8 Å². The Bertz CT molecular complexity index is 275. The molecule has 1 atom stereocenters. The summed E-state index contributed by atoms with van der Waals surface area (Å²) in [6.07, 6.45) is 0. The molecule has 13 heavy (non-hydrogen) atoms. The van der Waals surface area contributed by atoms with E-state index in [1.54, 1.807) is 17.3 Å². The molecule has 0 spiro atoms. The third-order valence-corrected chi connectivity index (χ3v) is 2.25. The zero-order chi connectivity index (χ0) is 9.84. The van der Waals surface area contributed by atoms with Gasteiger partial charge in [0.25, 0.3) is 5.91 Å². The van der Waals surface area contributed by atoms with Crippen LogP contribution >= 0.6 is 27.5 Å². The summed E-state index contributed by atoms with van der Waals surface area (Å²) in [6, 6.07) is 0. The topological polar surface area (TPSA) is 46.1 Å². The summed E-state index contributed by atoms with van der Waals surface area (Å²) in [5.74, 6) is -0.0833. The van der Waals surface area contributed by atoms with Crippen LogP contribution < -0.4 is 0 Å². The van der Waals surface area contributed by atoms with Gasteiger partial charge < -0.3 is 4.90 Å². The third kappa shape index (κ3) is 3.04. The van der Waals surface area contributed by atoms with E-state index < -0.39 is 0 Å². The fraction of sp³-hybridized carbons (Fsp3) is 0.571. The minimum Gasteiger partial charge on any atom is -0.339 e. The first-order valence-electron chi connectivity index (χ1n) is 3.78. The Morgan fingerprint density at radius 2 is 2.54 bits per heavy atom. The molecule has 4 nitrogen and oxygen atoms in total. The van der Waals surface area contributed by atoms with E-state index in [2.05, 4.69) is 25.5 Å². The standard InChI is InChI=1S/C7H10BrN3OS/c1-5(8)3-11(2)7(12)6-4-13-10-9-6/h4-5H,3H2,1-2H3. The molecule has 0 aromatic carbocycles. The van der Waals surface area contributed by atoms with Crippen molar-refractivity contribution in [1.29, 1.82) is 0 Å². The maximum Gasteiger partial charge on any atom is 0.275 e. The summed E-state index contributed by atoms with van der Waals surface area (Å²) in [6.45, 7) is 2.65. The van der Waals surface area contributed by atoms with Crippen molar-refractivity contribution in [1.82, 2.24) is 14.5 Å². The Labute approximate surface area is 89.2 Å². The fourth-order valence-electron chi connectivity index (χ4n) is 0.914. The molecule has 1 amide bonds. The van der Waals surface area contributed by atoms with E-state index in [-0.39, 0.29) is 10.7 Å². The van der Waals surface area contributed by atoms with Gasteiger partial charge in [-0.15, -0.1) is 5.10 Å². The number of amides is 1. The van der Waals surface area contributed by atoms with Gasteiger partial charge in [0, 0.05) is 23.8 Å². The molecule has 1 aromatic rings. The van der Waals surface area contributed by atoms with Gasteiger partial charge >= 0.3 is 0 Å². The summed E-state index contributed by atoms with van der Waals surface area (Å²) in [7, 11) is 1.75. The number of hydrogen-bond donors (Lipinski definition) is 0. The Morgan fingerprint density at radius 3 is 3.00 bits per heavy atom. The van der Waals surface area contributed by atoms with Crippen molar-refractivity contribution in [2.24, 2.45) is 0 Å². The van der Waals surface area contributed by atoms with E-state index in [1.165, 1.54) is 11.5 Å². The number of alkyl halides is 1. The molecule has 0 aliphatic heterocycles. The van der Waals surface area contributed by atoms with E-state index in [9.17, 15) is 4.79 Å². The molecule has 1 aromatic heterocycles. The van der Waals surface area contributed by atoms with Gasteiger partial charge in [0.15, 0.2) is 5.69 Å². The summed E-state index contributed by atoms with van der Waals surface area (Å²) in [4.78, 5) is 13.5. The molecule has 0 fully saturated rings. The third-order valence-electron chi connectivity index (χ3n) is 1.45. The van der Waals surface area contributed by atoms with Gasteiger partial charge in [0.1, 0.15) is 0 Å². The van der Waals surface area contributed by atoms with E-state index >= 15 is 0 Å². The van der Waals surface area contributed by atoms with Crippen molar-refractivity contribution < 1.29 is 4.79 Å². The molecule has 0 aliphatic carbocycles. The highest BCUT2D eigenvalue weighted by Gasteiger charge is 2.15. The number of aromatic nitrogens is 2. The Balaban J connectivity index is 2.58. The van der Waals surface area contributed by atoms with Crippen LogP contribution in [0, 0.1) is 0 Å². The lowest BCUT2D eigenvalue weighted by atomic mass is 10.4. The first-order chi connectivity index (χ1) is 6.11. The zero-order valence-corrected chi connectivity index (χ0v) is 9.80. The van der Waals surface area contributed by atoms with Crippen LogP contribution in [0.2, 0.25) is 0 Å². The highest BCUT2D eigenvalue weighted by atomic mass is 79.9. The molecule has 1 heterocycles. The van der Waals surface area contributed by atoms with Crippen molar-refractivity contribution >= 4 is 33.4 Å². The van der Waals surface area contributed by atoms with Gasteiger partial charge in [0.2, 0.25) is 0 Å². The van der Waals surface area contributed by atoms with Crippen LogP contribution in [0.15, 0.2) is 5.38 Å². The lowest BCUT2D eigenvalue weighted by Gasteiger charge is -2.16. The summed E-state index contributed by atoms with van der Waals surface area (Å²) in [5.41, 5.74) is 0.417. The number of carbonyl (C=O) groups is 1. The van der Waals surface area contributed by atoms with Crippen molar-refractivity contribution in [3.8, 4) is 0 Å². The van der Waals surface area contributed by atoms with Crippen molar-refractivity contribution in [2.75, 3.05) is 13.6 Å². The molecule has 0 radical (unpaired) electrons. The quantitative estimate of drug-likeness (QED) is 0.775. The van der Waals surface area contributed by atoms with Crippen molar-refractivity contribution in [3.63, 3.8) is 0 Å². The molecule has 0 saturated heterocycles. The summed E-state index contributed by atoms with van der Waals surface area (Å²) < 4.78 is 3.64. The lowest BCUT2D eigenvalue weighted by Crippen LogP contribution is -2.31. The van der Waals surface area contributed by atoms with Gasteiger partial charge in [-0.1, -0.05) is 27.3 Å². The van der Waals surface area contributed by atoms with Crippen LogP contribution in [0.25, 0.3) is 0 Å². The fourth-order valence-corrected chi connectivity index (χ4v) is 1.78. The number of hydrogen-bond acceptors (Lipinski definition) is 4. The monoisotopic (exact) mass is 263 g/mol. The van der Waals surface area contributed by atoms with Crippen LogP contribution in [0.4, 0.5) is 0 Å². The van der Waals surface area contributed by atoms with Gasteiger partial charge in [-0.05, 0) is 11.5 Å². The Kier molecular flexibility index (Phi) is 3.80. The smallest absolute Gasteiger partial charge is 0.275 e. The summed E-state index contributed by atoms with van der Waals surface area (Å²) in [5, 5.41) is 5.36. The average Bonchev–Trinajstić information content (AvgIpc) is 2.53. The molecule has 0 bridgehead atoms. The maximum atomic E-state index is 11.6. The first kappa shape index (κ1) is 10.6. The Hall–Kier alpha value is -0.490. The maximum absolute atomic E-state index is 11.6. The van der Waals surface area contributed by atoms with Crippen LogP contribution in [0.5, 0.6) is 0 Å². The number of nitrogens with zero attached hydrogens (tertiary/aromatic N) is 3. The minimum atomic E-state index is -0.0833. The molecule has 6 heteroatoms. The van der Waals surface area contributed by atoms with Gasteiger partial charge in [-0.3, -0.25) is 4.79 Å². The minimum absolute atomic E-state index is 0.0833. The molecular weight excluding hydrogens is 254 g/mol. The molecule has 0 saturated carbocycles. The highest BCUT2D eigenvalue weighted by Crippen LogP contribution is 2.05. The van der Waals surface area contributed by atoms with Crippen LogP contribution in [-0.4, -0.2) is 38.8 Å². The van der Waals surface area contributed by atoms with Gasteiger partial charge in [-0.2, -0.15) is 0 Å². The van der Waals surface area contributed by atoms with E-state index in [1.807, 2.05) is 6.92 Å². The molecule has 0 aliphatic rings. The number of carbonyl (C=O) groups excluding carboxylic acids is 1. The second kappa shape index (κ2) is 4.66. The van der Waals surface area contributed by atoms with Crippen molar-refractivity contribution in [3.05, 3.63) is 11.1 Å². The van der Waals surface area contributed by atoms with Crippen LogP contribution in [0.3, 0.4) is 0 Å².